The van der Waals surface area contributed by atoms with Gasteiger partial charge in [0.2, 0.25) is 0 Å². The Kier molecular flexibility index (Phi) is 3.75. The molecule has 5 nitrogen and oxygen atoms in total. The fourth-order valence-corrected chi connectivity index (χ4v) is 5.36. The molecule has 4 heterocycles. The molecule has 0 N–H and O–H groups in total. The molecule has 0 saturated carbocycles. The van der Waals surface area contributed by atoms with Crippen molar-refractivity contribution in [2.75, 3.05) is 36.0 Å². The van der Waals surface area contributed by atoms with Crippen LogP contribution in [0, 0.1) is 0 Å². The van der Waals surface area contributed by atoms with Crippen molar-refractivity contribution in [1.29, 1.82) is 0 Å². The zero-order chi connectivity index (χ0) is 16.8. The molecule has 0 radical (unpaired) electrons. The molecule has 7 heteroatoms. The molecule has 0 aromatic carbocycles. The highest BCUT2D eigenvalue weighted by Gasteiger charge is 2.26. The predicted molar refractivity (Wildman–Crippen MR) is 103 cm³/mol. The van der Waals surface area contributed by atoms with E-state index < -0.39 is 0 Å². The summed E-state index contributed by atoms with van der Waals surface area (Å²) in [4.78, 5) is 20.9. The highest BCUT2D eigenvalue weighted by molar-refractivity contribution is 7.19. The number of anilines is 2. The summed E-state index contributed by atoms with van der Waals surface area (Å²) in [5.41, 5.74) is 1.49. The zero-order valence-corrected chi connectivity index (χ0v) is 15.4. The van der Waals surface area contributed by atoms with Crippen LogP contribution in [0.15, 0.2) is 24.7 Å². The Morgan fingerprint density at radius 3 is 2.56 bits per heavy atom. The molecule has 2 aliphatic rings. The van der Waals surface area contributed by atoms with Gasteiger partial charge in [-0.3, -0.25) is 0 Å². The number of piperazine rings is 1. The lowest BCUT2D eigenvalue weighted by atomic mass is 10.1. The zero-order valence-electron chi connectivity index (χ0n) is 13.8. The second kappa shape index (κ2) is 6.11. The molecule has 1 aliphatic heterocycles. The van der Waals surface area contributed by atoms with Crippen LogP contribution >= 0.6 is 22.9 Å². The number of hydrogen-bond acceptors (Lipinski definition) is 6. The minimum Gasteiger partial charge on any atom is -0.352 e. The summed E-state index contributed by atoms with van der Waals surface area (Å²) in [6.45, 7) is 3.64. The number of thiophene rings is 1. The SMILES string of the molecule is Clc1cccnc1N1CCN(c2ncnc3sc4c(c23)CCC4)CC1. The summed E-state index contributed by atoms with van der Waals surface area (Å²) in [6, 6.07) is 3.77. The quantitative estimate of drug-likeness (QED) is 0.689. The Labute approximate surface area is 155 Å². The van der Waals surface area contributed by atoms with Gasteiger partial charge >= 0.3 is 0 Å². The van der Waals surface area contributed by atoms with Crippen molar-refractivity contribution in [3.05, 3.63) is 40.1 Å². The van der Waals surface area contributed by atoms with E-state index in [1.54, 1.807) is 12.5 Å². The summed E-state index contributed by atoms with van der Waals surface area (Å²) in [5.74, 6) is 1.99. The van der Waals surface area contributed by atoms with Gasteiger partial charge in [-0.15, -0.1) is 11.3 Å². The lowest BCUT2D eigenvalue weighted by molar-refractivity contribution is 0.643. The molecule has 1 saturated heterocycles. The Balaban J connectivity index is 1.43. The van der Waals surface area contributed by atoms with E-state index in [1.807, 2.05) is 23.5 Å². The van der Waals surface area contributed by atoms with Crippen molar-refractivity contribution in [2.24, 2.45) is 0 Å². The van der Waals surface area contributed by atoms with Crippen LogP contribution in [-0.4, -0.2) is 41.1 Å². The van der Waals surface area contributed by atoms with Crippen LogP contribution in [0.3, 0.4) is 0 Å². The molecule has 0 bridgehead atoms. The maximum atomic E-state index is 6.30. The van der Waals surface area contributed by atoms with Crippen LogP contribution in [0.2, 0.25) is 5.02 Å². The minimum absolute atomic E-state index is 0.719. The number of halogens is 1. The maximum absolute atomic E-state index is 6.30. The van der Waals surface area contributed by atoms with Crippen molar-refractivity contribution in [2.45, 2.75) is 19.3 Å². The van der Waals surface area contributed by atoms with Gasteiger partial charge in [0.15, 0.2) is 0 Å². The van der Waals surface area contributed by atoms with Crippen LogP contribution in [0.1, 0.15) is 16.9 Å². The second-order valence-corrected chi connectivity index (χ2v) is 8.01. The van der Waals surface area contributed by atoms with Gasteiger partial charge in [0, 0.05) is 37.3 Å². The summed E-state index contributed by atoms with van der Waals surface area (Å²) in [5, 5.41) is 2.01. The van der Waals surface area contributed by atoms with E-state index >= 15 is 0 Å². The molecule has 128 valence electrons. The standard InChI is InChI=1S/C18H18ClN5S/c19-13-4-2-6-20-16(13)23-7-9-24(10-8-23)17-15-12-3-1-5-14(12)25-18(15)22-11-21-17/h2,4,6,11H,1,3,5,7-10H2. The van der Waals surface area contributed by atoms with Crippen LogP contribution in [0.25, 0.3) is 10.2 Å². The van der Waals surface area contributed by atoms with E-state index in [0.717, 1.165) is 47.7 Å². The van der Waals surface area contributed by atoms with Crippen molar-refractivity contribution in [3.63, 3.8) is 0 Å². The average Bonchev–Trinajstić information content (AvgIpc) is 3.23. The Morgan fingerprint density at radius 2 is 1.76 bits per heavy atom. The monoisotopic (exact) mass is 371 g/mol. The molecular formula is C18H18ClN5S. The largest absolute Gasteiger partial charge is 0.352 e. The normalized spacial score (nSPS) is 17.3. The molecule has 1 fully saturated rings. The Bertz CT molecular complexity index is 932. The molecule has 0 atom stereocenters. The summed E-state index contributed by atoms with van der Waals surface area (Å²) in [7, 11) is 0. The molecular weight excluding hydrogens is 354 g/mol. The maximum Gasteiger partial charge on any atom is 0.147 e. The van der Waals surface area contributed by atoms with E-state index in [-0.39, 0.29) is 0 Å². The van der Waals surface area contributed by atoms with Crippen LogP contribution in [-0.2, 0) is 12.8 Å². The first-order valence-corrected chi connectivity index (χ1v) is 9.86. The number of pyridine rings is 1. The predicted octanol–water partition coefficient (Wildman–Crippen LogP) is 3.56. The number of aromatic nitrogens is 3. The Hall–Kier alpha value is -1.92. The summed E-state index contributed by atoms with van der Waals surface area (Å²) in [6.07, 6.45) is 7.14. The van der Waals surface area contributed by atoms with Crippen molar-refractivity contribution in [3.8, 4) is 0 Å². The fraction of sp³-hybridized carbons (Fsp3) is 0.389. The van der Waals surface area contributed by atoms with Gasteiger partial charge in [-0.05, 0) is 37.0 Å². The van der Waals surface area contributed by atoms with Gasteiger partial charge in [0.05, 0.1) is 10.4 Å². The van der Waals surface area contributed by atoms with E-state index in [0.29, 0.717) is 0 Å². The van der Waals surface area contributed by atoms with Crippen molar-refractivity contribution in [1.82, 2.24) is 15.0 Å². The molecule has 3 aromatic heterocycles. The van der Waals surface area contributed by atoms with Crippen LogP contribution < -0.4 is 9.80 Å². The average molecular weight is 372 g/mol. The highest BCUT2D eigenvalue weighted by atomic mass is 35.5. The number of rotatable bonds is 2. The van der Waals surface area contributed by atoms with Crippen molar-refractivity contribution >= 4 is 44.8 Å². The second-order valence-electron chi connectivity index (χ2n) is 6.52. The van der Waals surface area contributed by atoms with Crippen LogP contribution in [0.4, 0.5) is 11.6 Å². The molecule has 5 rings (SSSR count). The first-order chi connectivity index (χ1) is 12.3. The number of fused-ring (bicyclic) bond motifs is 3. The first-order valence-electron chi connectivity index (χ1n) is 8.67. The van der Waals surface area contributed by atoms with Gasteiger partial charge in [-0.2, -0.15) is 0 Å². The Morgan fingerprint density at radius 1 is 0.960 bits per heavy atom. The van der Waals surface area contributed by atoms with Gasteiger partial charge in [-0.25, -0.2) is 15.0 Å². The summed E-state index contributed by atoms with van der Waals surface area (Å²) < 4.78 is 0. The molecule has 0 unspecified atom stereocenters. The lowest BCUT2D eigenvalue weighted by Gasteiger charge is -2.36. The number of hydrogen-bond donors (Lipinski definition) is 0. The number of nitrogens with zero attached hydrogens (tertiary/aromatic N) is 5. The minimum atomic E-state index is 0.719. The molecule has 25 heavy (non-hydrogen) atoms. The molecule has 3 aromatic rings. The topological polar surface area (TPSA) is 45.2 Å². The summed E-state index contributed by atoms with van der Waals surface area (Å²) >= 11 is 8.15. The first kappa shape index (κ1) is 15.3. The highest BCUT2D eigenvalue weighted by Crippen LogP contribution is 2.40. The van der Waals surface area contributed by atoms with Gasteiger partial charge in [-0.1, -0.05) is 11.6 Å². The van der Waals surface area contributed by atoms with Gasteiger partial charge in [0.1, 0.15) is 22.8 Å². The molecule has 1 aliphatic carbocycles. The smallest absolute Gasteiger partial charge is 0.147 e. The van der Waals surface area contributed by atoms with E-state index in [1.165, 1.54) is 35.1 Å². The van der Waals surface area contributed by atoms with Gasteiger partial charge < -0.3 is 9.80 Å². The van der Waals surface area contributed by atoms with E-state index in [4.69, 9.17) is 11.6 Å². The lowest BCUT2D eigenvalue weighted by Crippen LogP contribution is -2.47. The molecule has 0 amide bonds. The third-order valence-electron chi connectivity index (χ3n) is 5.10. The fourth-order valence-electron chi connectivity index (χ4n) is 3.89. The van der Waals surface area contributed by atoms with E-state index in [2.05, 4.69) is 24.8 Å². The molecule has 0 spiro atoms. The van der Waals surface area contributed by atoms with Crippen molar-refractivity contribution < 1.29 is 0 Å². The van der Waals surface area contributed by atoms with Crippen LogP contribution in [0.5, 0.6) is 0 Å². The third-order valence-corrected chi connectivity index (χ3v) is 6.59. The van der Waals surface area contributed by atoms with Gasteiger partial charge in [0.25, 0.3) is 0 Å². The third kappa shape index (κ3) is 2.55. The van der Waals surface area contributed by atoms with E-state index in [9.17, 15) is 0 Å². The number of aryl methyl sites for hydroxylation is 2.